The normalized spacial score (nSPS) is 15.5. The Morgan fingerprint density at radius 1 is 1.08 bits per heavy atom. The predicted octanol–water partition coefficient (Wildman–Crippen LogP) is 4.75. The van der Waals surface area contributed by atoms with Crippen molar-refractivity contribution in [3.8, 4) is 5.75 Å². The third kappa shape index (κ3) is 3.96. The van der Waals surface area contributed by atoms with Gasteiger partial charge < -0.3 is 10.1 Å². The van der Waals surface area contributed by atoms with Crippen LogP contribution in [0.2, 0.25) is 15.1 Å². The minimum absolute atomic E-state index is 0.152. The molecular weight excluding hydrogens is 399 g/mol. The van der Waals surface area contributed by atoms with Gasteiger partial charge in [0.2, 0.25) is 0 Å². The van der Waals surface area contributed by atoms with Crippen LogP contribution in [0.5, 0.6) is 5.75 Å². The molecule has 3 rings (SSSR count). The van der Waals surface area contributed by atoms with E-state index in [9.17, 15) is 9.59 Å². The molecule has 5 nitrogen and oxygen atoms in total. The Kier molecular flexibility index (Phi) is 5.41. The number of amides is 3. The summed E-state index contributed by atoms with van der Waals surface area (Å²) in [5.74, 6) is -0.0883. The van der Waals surface area contributed by atoms with Crippen molar-refractivity contribution < 1.29 is 14.3 Å². The standard InChI is InChI=1S/C18H13Cl3N2O3/c1-23-17(24)15(22-18(23)25)8-11-6-13(20)16(14(21)7-11)26-9-10-2-4-12(19)5-3-10/h2-8H,9H2,1H3,(H,22,25)/b15-8+. The number of likely N-dealkylation sites (N-methyl/N-ethyl adjacent to an activating group) is 1. The van der Waals surface area contributed by atoms with Crippen molar-refractivity contribution in [1.82, 2.24) is 10.2 Å². The molecule has 3 amide bonds. The number of nitrogens with zero attached hydrogens (tertiary/aromatic N) is 1. The van der Waals surface area contributed by atoms with Crippen LogP contribution < -0.4 is 10.1 Å². The minimum atomic E-state index is -0.485. The molecule has 0 saturated carbocycles. The molecule has 0 atom stereocenters. The molecule has 1 N–H and O–H groups in total. The number of ether oxygens (including phenoxy) is 1. The van der Waals surface area contributed by atoms with E-state index >= 15 is 0 Å². The summed E-state index contributed by atoms with van der Waals surface area (Å²) in [5.41, 5.74) is 1.63. The molecule has 0 radical (unpaired) electrons. The van der Waals surface area contributed by atoms with Gasteiger partial charge >= 0.3 is 6.03 Å². The highest BCUT2D eigenvalue weighted by atomic mass is 35.5. The Hall–Kier alpha value is -2.21. The molecule has 1 aliphatic rings. The quantitative estimate of drug-likeness (QED) is 0.583. The number of urea groups is 1. The molecule has 0 bridgehead atoms. The monoisotopic (exact) mass is 410 g/mol. The van der Waals surface area contributed by atoms with Crippen LogP contribution in [0.3, 0.4) is 0 Å². The third-order valence-corrected chi connectivity index (χ3v) is 4.52. The van der Waals surface area contributed by atoms with Gasteiger partial charge in [-0.25, -0.2) is 4.79 Å². The fourth-order valence-electron chi connectivity index (χ4n) is 2.33. The van der Waals surface area contributed by atoms with Crippen LogP contribution in [-0.2, 0) is 11.4 Å². The maximum absolute atomic E-state index is 11.9. The smallest absolute Gasteiger partial charge is 0.328 e. The molecule has 1 heterocycles. The van der Waals surface area contributed by atoms with Gasteiger partial charge in [-0.05, 0) is 41.5 Å². The van der Waals surface area contributed by atoms with Gasteiger partial charge in [0.25, 0.3) is 5.91 Å². The van der Waals surface area contributed by atoms with Crippen LogP contribution in [-0.4, -0.2) is 23.9 Å². The maximum atomic E-state index is 11.9. The van der Waals surface area contributed by atoms with Crippen LogP contribution in [0, 0.1) is 0 Å². The second kappa shape index (κ2) is 7.58. The summed E-state index contributed by atoms with van der Waals surface area (Å²) in [7, 11) is 1.40. The molecule has 26 heavy (non-hydrogen) atoms. The van der Waals surface area contributed by atoms with Crippen molar-refractivity contribution in [2.24, 2.45) is 0 Å². The van der Waals surface area contributed by atoms with Gasteiger partial charge in [0.1, 0.15) is 12.3 Å². The highest BCUT2D eigenvalue weighted by Gasteiger charge is 2.30. The van der Waals surface area contributed by atoms with Gasteiger partial charge in [-0.3, -0.25) is 9.69 Å². The summed E-state index contributed by atoms with van der Waals surface area (Å²) in [6.07, 6.45) is 1.50. The van der Waals surface area contributed by atoms with E-state index in [2.05, 4.69) is 5.32 Å². The van der Waals surface area contributed by atoms with E-state index in [0.29, 0.717) is 26.4 Å². The second-order valence-corrected chi connectivity index (χ2v) is 6.83. The maximum Gasteiger partial charge on any atom is 0.328 e. The van der Waals surface area contributed by atoms with Crippen molar-refractivity contribution in [2.75, 3.05) is 7.05 Å². The zero-order valence-corrected chi connectivity index (χ0v) is 15.8. The van der Waals surface area contributed by atoms with Crippen molar-refractivity contribution >= 4 is 52.8 Å². The number of hydrogen-bond donors (Lipinski definition) is 1. The zero-order chi connectivity index (χ0) is 18.8. The molecule has 0 aliphatic carbocycles. The fourth-order valence-corrected chi connectivity index (χ4v) is 3.07. The molecule has 8 heteroatoms. The minimum Gasteiger partial charge on any atom is -0.486 e. The highest BCUT2D eigenvalue weighted by molar-refractivity contribution is 6.37. The number of imide groups is 1. The van der Waals surface area contributed by atoms with Gasteiger partial charge in [0.05, 0.1) is 10.0 Å². The first-order valence-corrected chi connectivity index (χ1v) is 8.65. The third-order valence-electron chi connectivity index (χ3n) is 3.71. The fraction of sp³-hybridized carbons (Fsp3) is 0.111. The van der Waals surface area contributed by atoms with Crippen molar-refractivity contribution in [3.63, 3.8) is 0 Å². The van der Waals surface area contributed by atoms with Gasteiger partial charge in [-0.2, -0.15) is 0 Å². The molecule has 1 aliphatic heterocycles. The van der Waals surface area contributed by atoms with Crippen molar-refractivity contribution in [2.45, 2.75) is 6.61 Å². The van der Waals surface area contributed by atoms with E-state index < -0.39 is 11.9 Å². The van der Waals surface area contributed by atoms with E-state index in [-0.39, 0.29) is 12.3 Å². The van der Waals surface area contributed by atoms with Gasteiger partial charge in [0, 0.05) is 12.1 Å². The van der Waals surface area contributed by atoms with E-state index in [4.69, 9.17) is 39.5 Å². The van der Waals surface area contributed by atoms with E-state index in [1.807, 2.05) is 12.1 Å². The Morgan fingerprint density at radius 3 is 2.23 bits per heavy atom. The number of carbonyl (C=O) groups is 2. The summed E-state index contributed by atoms with van der Waals surface area (Å²) < 4.78 is 5.70. The lowest BCUT2D eigenvalue weighted by atomic mass is 10.1. The SMILES string of the molecule is CN1C(=O)N/C(=C/c2cc(Cl)c(OCc3ccc(Cl)cc3)c(Cl)c2)C1=O. The van der Waals surface area contributed by atoms with Gasteiger partial charge in [-0.1, -0.05) is 46.9 Å². The van der Waals surface area contributed by atoms with E-state index in [0.717, 1.165) is 10.5 Å². The number of rotatable bonds is 4. The Labute approximate surface area is 165 Å². The Morgan fingerprint density at radius 2 is 1.69 bits per heavy atom. The number of nitrogens with one attached hydrogen (secondary N) is 1. The lowest BCUT2D eigenvalue weighted by Crippen LogP contribution is -2.25. The molecule has 0 unspecified atom stereocenters. The second-order valence-electron chi connectivity index (χ2n) is 5.58. The van der Waals surface area contributed by atoms with Crippen LogP contribution in [0.15, 0.2) is 42.1 Å². The molecule has 2 aromatic carbocycles. The number of halogens is 3. The number of benzene rings is 2. The number of carbonyl (C=O) groups excluding carboxylic acids is 2. The molecule has 0 spiro atoms. The van der Waals surface area contributed by atoms with Crippen LogP contribution in [0.1, 0.15) is 11.1 Å². The molecule has 134 valence electrons. The summed E-state index contributed by atoms with van der Waals surface area (Å²) in [6.45, 7) is 0.274. The Bertz CT molecular complexity index is 887. The summed E-state index contributed by atoms with van der Waals surface area (Å²) in [4.78, 5) is 24.4. The first kappa shape index (κ1) is 18.6. The first-order valence-electron chi connectivity index (χ1n) is 7.52. The highest BCUT2D eigenvalue weighted by Crippen LogP contribution is 2.35. The van der Waals surface area contributed by atoms with Gasteiger partial charge in [-0.15, -0.1) is 0 Å². The zero-order valence-electron chi connectivity index (χ0n) is 13.6. The van der Waals surface area contributed by atoms with Gasteiger partial charge in [0.15, 0.2) is 5.75 Å². The molecule has 2 aromatic rings. The van der Waals surface area contributed by atoms with Crippen LogP contribution >= 0.6 is 34.8 Å². The lowest BCUT2D eigenvalue weighted by Gasteiger charge is -2.11. The molecular formula is C18H13Cl3N2O3. The summed E-state index contributed by atoms with van der Waals surface area (Å²) >= 11 is 18.4. The summed E-state index contributed by atoms with van der Waals surface area (Å²) in [6, 6.07) is 9.94. The Balaban J connectivity index is 1.79. The molecule has 1 saturated heterocycles. The summed E-state index contributed by atoms with van der Waals surface area (Å²) in [5, 5.41) is 3.71. The molecule has 0 aromatic heterocycles. The predicted molar refractivity (Wildman–Crippen MR) is 102 cm³/mol. The van der Waals surface area contributed by atoms with E-state index in [1.165, 1.54) is 13.1 Å². The van der Waals surface area contributed by atoms with Crippen molar-refractivity contribution in [1.29, 1.82) is 0 Å². The van der Waals surface area contributed by atoms with Crippen LogP contribution in [0.4, 0.5) is 4.79 Å². The topological polar surface area (TPSA) is 58.6 Å². The van der Waals surface area contributed by atoms with E-state index in [1.54, 1.807) is 24.3 Å². The average molecular weight is 412 g/mol. The van der Waals surface area contributed by atoms with Crippen molar-refractivity contribution in [3.05, 3.63) is 68.3 Å². The average Bonchev–Trinajstić information content (AvgIpc) is 2.83. The molecule has 1 fully saturated rings. The lowest BCUT2D eigenvalue weighted by molar-refractivity contribution is -0.121. The largest absolute Gasteiger partial charge is 0.486 e. The first-order chi connectivity index (χ1) is 12.3. The number of hydrogen-bond acceptors (Lipinski definition) is 3. The van der Waals surface area contributed by atoms with Crippen LogP contribution in [0.25, 0.3) is 6.08 Å².